The zero-order valence-electron chi connectivity index (χ0n) is 12.9. The number of methoxy groups -OCH3 is 1. The molecule has 6 nitrogen and oxygen atoms in total. The number of benzene rings is 1. The number of nitrogens with zero attached hydrogens (tertiary/aromatic N) is 3. The van der Waals surface area contributed by atoms with E-state index in [0.29, 0.717) is 11.4 Å². The molecule has 0 bridgehead atoms. The number of H-pyrrole nitrogens is 1. The van der Waals surface area contributed by atoms with E-state index in [-0.39, 0.29) is 5.97 Å². The zero-order valence-corrected chi connectivity index (χ0v) is 12.9. The molecule has 0 aliphatic carbocycles. The van der Waals surface area contributed by atoms with Gasteiger partial charge in [-0.1, -0.05) is 6.07 Å². The summed E-state index contributed by atoms with van der Waals surface area (Å²) in [7, 11) is 1.37. The lowest BCUT2D eigenvalue weighted by Crippen LogP contribution is -2.00. The van der Waals surface area contributed by atoms with Crippen molar-refractivity contribution in [2.75, 3.05) is 7.11 Å². The minimum Gasteiger partial charge on any atom is -0.465 e. The normalized spacial score (nSPS) is 10.9. The average Bonchev–Trinajstić information content (AvgIpc) is 3.27. The molecule has 0 unspecified atom stereocenters. The highest BCUT2D eigenvalue weighted by Gasteiger charge is 2.13. The first-order valence-electron chi connectivity index (χ1n) is 7.43. The third-order valence-corrected chi connectivity index (χ3v) is 3.79. The van der Waals surface area contributed by atoms with E-state index >= 15 is 0 Å². The lowest BCUT2D eigenvalue weighted by molar-refractivity contribution is 0.0601. The van der Waals surface area contributed by atoms with Crippen LogP contribution in [0.4, 0.5) is 0 Å². The molecule has 0 aliphatic rings. The number of aromatic amines is 1. The molecule has 0 amide bonds. The molecule has 0 atom stereocenters. The Balaban J connectivity index is 1.81. The van der Waals surface area contributed by atoms with Crippen LogP contribution in [-0.2, 0) is 4.74 Å². The van der Waals surface area contributed by atoms with Crippen LogP contribution in [-0.4, -0.2) is 32.6 Å². The van der Waals surface area contributed by atoms with Crippen LogP contribution in [0, 0.1) is 0 Å². The van der Waals surface area contributed by atoms with Crippen molar-refractivity contribution in [3.63, 3.8) is 0 Å². The first-order chi connectivity index (χ1) is 11.8. The monoisotopic (exact) mass is 318 g/mol. The summed E-state index contributed by atoms with van der Waals surface area (Å²) < 4.78 is 6.71. The van der Waals surface area contributed by atoms with E-state index in [2.05, 4.69) is 15.0 Å². The number of pyridine rings is 1. The van der Waals surface area contributed by atoms with Gasteiger partial charge in [0.1, 0.15) is 5.82 Å². The van der Waals surface area contributed by atoms with Gasteiger partial charge in [0.15, 0.2) is 5.82 Å². The Labute approximate surface area is 137 Å². The standard InChI is InChI=1S/C18H14N4O2/c1-24-18(23)12-7-8-13-14(11-12)21-17(20-13)15-5-4-10-22(15)16-6-2-3-9-19-16/h2-11H,1H3,(H,20,21). The van der Waals surface area contributed by atoms with E-state index in [0.717, 1.165) is 22.5 Å². The third kappa shape index (κ3) is 2.34. The van der Waals surface area contributed by atoms with Gasteiger partial charge in [-0.2, -0.15) is 0 Å². The number of aromatic nitrogens is 4. The van der Waals surface area contributed by atoms with Crippen LogP contribution in [0.5, 0.6) is 0 Å². The Hall–Kier alpha value is -3.41. The largest absolute Gasteiger partial charge is 0.465 e. The molecule has 4 rings (SSSR count). The molecule has 24 heavy (non-hydrogen) atoms. The van der Waals surface area contributed by atoms with Gasteiger partial charge < -0.3 is 9.72 Å². The number of hydrogen-bond donors (Lipinski definition) is 1. The summed E-state index contributed by atoms with van der Waals surface area (Å²) in [6, 6.07) is 14.9. The number of hydrogen-bond acceptors (Lipinski definition) is 4. The van der Waals surface area contributed by atoms with Crippen molar-refractivity contribution >= 4 is 17.0 Å². The first-order valence-corrected chi connectivity index (χ1v) is 7.43. The van der Waals surface area contributed by atoms with Crippen LogP contribution in [0.1, 0.15) is 10.4 Å². The van der Waals surface area contributed by atoms with E-state index in [9.17, 15) is 4.79 Å². The summed E-state index contributed by atoms with van der Waals surface area (Å²) >= 11 is 0. The molecular formula is C18H14N4O2. The average molecular weight is 318 g/mol. The Morgan fingerprint density at radius 1 is 1.17 bits per heavy atom. The van der Waals surface area contributed by atoms with Crippen molar-refractivity contribution in [2.24, 2.45) is 0 Å². The van der Waals surface area contributed by atoms with Crippen LogP contribution < -0.4 is 0 Å². The summed E-state index contributed by atoms with van der Waals surface area (Å²) in [5.41, 5.74) is 2.94. The van der Waals surface area contributed by atoms with Crippen LogP contribution in [0.15, 0.2) is 60.9 Å². The smallest absolute Gasteiger partial charge is 0.337 e. The van der Waals surface area contributed by atoms with Crippen molar-refractivity contribution in [2.45, 2.75) is 0 Å². The zero-order chi connectivity index (χ0) is 16.5. The number of nitrogens with one attached hydrogen (secondary N) is 1. The molecule has 0 spiro atoms. The molecule has 0 aliphatic heterocycles. The lowest BCUT2D eigenvalue weighted by atomic mass is 10.2. The number of imidazole rings is 1. The van der Waals surface area contributed by atoms with Gasteiger partial charge in [-0.25, -0.2) is 14.8 Å². The van der Waals surface area contributed by atoms with Crippen LogP contribution in [0.3, 0.4) is 0 Å². The molecule has 1 aromatic carbocycles. The highest BCUT2D eigenvalue weighted by molar-refractivity contribution is 5.94. The Kier molecular flexibility index (Phi) is 3.35. The predicted molar refractivity (Wildman–Crippen MR) is 90.0 cm³/mol. The molecule has 3 heterocycles. The van der Waals surface area contributed by atoms with Crippen molar-refractivity contribution in [1.29, 1.82) is 0 Å². The van der Waals surface area contributed by atoms with Crippen molar-refractivity contribution in [1.82, 2.24) is 19.5 Å². The quantitative estimate of drug-likeness (QED) is 0.589. The molecule has 4 aromatic rings. The van der Waals surface area contributed by atoms with Crippen LogP contribution in [0.25, 0.3) is 28.4 Å². The summed E-state index contributed by atoms with van der Waals surface area (Å²) in [5.74, 6) is 1.15. The fourth-order valence-corrected chi connectivity index (χ4v) is 2.65. The maximum Gasteiger partial charge on any atom is 0.337 e. The Morgan fingerprint density at radius 2 is 2.08 bits per heavy atom. The fraction of sp³-hybridized carbons (Fsp3) is 0.0556. The summed E-state index contributed by atoms with van der Waals surface area (Å²) in [4.78, 5) is 23.9. The third-order valence-electron chi connectivity index (χ3n) is 3.79. The highest BCUT2D eigenvalue weighted by atomic mass is 16.5. The maximum atomic E-state index is 11.7. The second kappa shape index (κ2) is 5.66. The summed E-state index contributed by atoms with van der Waals surface area (Å²) in [6.07, 6.45) is 3.69. The minimum absolute atomic E-state index is 0.370. The van der Waals surface area contributed by atoms with E-state index in [4.69, 9.17) is 4.74 Å². The highest BCUT2D eigenvalue weighted by Crippen LogP contribution is 2.24. The van der Waals surface area contributed by atoms with Crippen molar-refractivity contribution < 1.29 is 9.53 Å². The number of ether oxygens (including phenoxy) is 1. The molecule has 0 fully saturated rings. The predicted octanol–water partition coefficient (Wildman–Crippen LogP) is 3.20. The first kappa shape index (κ1) is 14.2. The number of rotatable bonds is 3. The number of esters is 1. The van der Waals surface area contributed by atoms with Gasteiger partial charge in [0, 0.05) is 12.4 Å². The maximum absolute atomic E-state index is 11.7. The van der Waals surface area contributed by atoms with Gasteiger partial charge in [0.2, 0.25) is 0 Å². The second-order valence-electron chi connectivity index (χ2n) is 5.26. The van der Waals surface area contributed by atoms with E-state index < -0.39 is 0 Å². The summed E-state index contributed by atoms with van der Waals surface area (Å²) in [5, 5.41) is 0. The second-order valence-corrected chi connectivity index (χ2v) is 5.26. The SMILES string of the molecule is COC(=O)c1ccc2nc(-c3cccn3-c3ccccn3)[nH]c2c1. The molecule has 0 saturated carbocycles. The van der Waals surface area contributed by atoms with E-state index in [1.54, 1.807) is 24.4 Å². The number of fused-ring (bicyclic) bond motifs is 1. The summed E-state index contributed by atoms with van der Waals surface area (Å²) in [6.45, 7) is 0. The van der Waals surface area contributed by atoms with Gasteiger partial charge in [-0.05, 0) is 42.5 Å². The molecular weight excluding hydrogens is 304 g/mol. The number of carbonyl (C=O) groups excluding carboxylic acids is 1. The molecule has 118 valence electrons. The van der Waals surface area contributed by atoms with E-state index in [1.165, 1.54) is 7.11 Å². The van der Waals surface area contributed by atoms with Crippen molar-refractivity contribution in [3.05, 3.63) is 66.5 Å². The van der Waals surface area contributed by atoms with E-state index in [1.807, 2.05) is 41.1 Å². The molecule has 6 heteroatoms. The molecule has 1 N–H and O–H groups in total. The number of carbonyl (C=O) groups is 1. The Morgan fingerprint density at radius 3 is 2.88 bits per heavy atom. The van der Waals surface area contributed by atoms with Gasteiger partial charge in [-0.3, -0.25) is 4.57 Å². The van der Waals surface area contributed by atoms with Crippen LogP contribution >= 0.6 is 0 Å². The minimum atomic E-state index is -0.370. The van der Waals surface area contributed by atoms with Crippen molar-refractivity contribution in [3.8, 4) is 17.3 Å². The topological polar surface area (TPSA) is 72.8 Å². The van der Waals surface area contributed by atoms with Gasteiger partial charge in [0.25, 0.3) is 0 Å². The lowest BCUT2D eigenvalue weighted by Gasteiger charge is -2.05. The van der Waals surface area contributed by atoms with Gasteiger partial charge in [0.05, 0.1) is 29.4 Å². The van der Waals surface area contributed by atoms with Crippen LogP contribution in [0.2, 0.25) is 0 Å². The molecule has 3 aromatic heterocycles. The van der Waals surface area contributed by atoms with Gasteiger partial charge in [-0.15, -0.1) is 0 Å². The molecule has 0 radical (unpaired) electrons. The molecule has 0 saturated heterocycles. The van der Waals surface area contributed by atoms with Gasteiger partial charge >= 0.3 is 5.97 Å². The Bertz CT molecular complexity index is 1020. The fourth-order valence-electron chi connectivity index (χ4n) is 2.65.